The van der Waals surface area contributed by atoms with E-state index in [2.05, 4.69) is 0 Å². The third-order valence-electron chi connectivity index (χ3n) is 8.29. The fourth-order valence-electron chi connectivity index (χ4n) is 5.69. The number of aliphatic hydroxyl groups excluding tert-OH is 1. The minimum atomic E-state index is 0.373. The molecule has 2 heteroatoms. The van der Waals surface area contributed by atoms with Crippen LogP contribution in [0.4, 0.5) is 0 Å². The third-order valence-corrected chi connectivity index (χ3v) is 8.56. The summed E-state index contributed by atoms with van der Waals surface area (Å²) in [6.45, 7) is 0.373. The van der Waals surface area contributed by atoms with Crippen LogP contribution in [-0.4, -0.2) is 17.6 Å². The maximum absolute atomic E-state index is 8.78. The second-order valence-corrected chi connectivity index (χ2v) is 12.5. The van der Waals surface area contributed by atoms with Gasteiger partial charge in [0.05, 0.1) is 0 Å². The molecule has 0 radical (unpaired) electrons. The summed E-state index contributed by atoms with van der Waals surface area (Å²) >= 11 is 5.72. The molecular formula is C35H71ClO. The highest BCUT2D eigenvalue weighted by atomic mass is 35.5. The number of unbranched alkanes of at least 4 members (excludes halogenated alkanes) is 32. The first-order valence-electron chi connectivity index (χ1n) is 17.6. The topological polar surface area (TPSA) is 20.2 Å². The molecule has 0 atom stereocenters. The van der Waals surface area contributed by atoms with Crippen molar-refractivity contribution < 1.29 is 5.11 Å². The second-order valence-electron chi connectivity index (χ2n) is 12.1. The molecule has 224 valence electrons. The van der Waals surface area contributed by atoms with Crippen LogP contribution >= 0.6 is 11.6 Å². The first kappa shape index (κ1) is 37.2. The minimum Gasteiger partial charge on any atom is -0.396 e. The average Bonchev–Trinajstić information content (AvgIpc) is 2.91. The van der Waals surface area contributed by atoms with Crippen molar-refractivity contribution in [2.75, 3.05) is 12.5 Å². The van der Waals surface area contributed by atoms with Crippen LogP contribution in [0, 0.1) is 0 Å². The van der Waals surface area contributed by atoms with Gasteiger partial charge in [0.2, 0.25) is 0 Å². The first-order valence-corrected chi connectivity index (χ1v) is 18.1. The van der Waals surface area contributed by atoms with E-state index in [0.717, 1.165) is 12.3 Å². The molecular weight excluding hydrogens is 472 g/mol. The highest BCUT2D eigenvalue weighted by molar-refractivity contribution is 6.17. The summed E-state index contributed by atoms with van der Waals surface area (Å²) in [4.78, 5) is 0. The molecule has 37 heavy (non-hydrogen) atoms. The fourth-order valence-corrected chi connectivity index (χ4v) is 5.88. The Morgan fingerprint density at radius 2 is 0.351 bits per heavy atom. The molecule has 0 unspecified atom stereocenters. The normalized spacial score (nSPS) is 11.5. The van der Waals surface area contributed by atoms with Crippen molar-refractivity contribution in [1.29, 1.82) is 0 Å². The maximum Gasteiger partial charge on any atom is 0.0431 e. The van der Waals surface area contributed by atoms with Crippen molar-refractivity contribution in [3.63, 3.8) is 0 Å². The zero-order valence-corrected chi connectivity index (χ0v) is 26.3. The van der Waals surface area contributed by atoms with Gasteiger partial charge in [-0.2, -0.15) is 0 Å². The molecule has 0 aliphatic heterocycles. The summed E-state index contributed by atoms with van der Waals surface area (Å²) in [5, 5.41) is 8.78. The SMILES string of the molecule is OCCCCCCCCCCCCCCCCCCCCCCCCCCCCCCCCCCCCl. The van der Waals surface area contributed by atoms with E-state index in [1.807, 2.05) is 0 Å². The molecule has 0 rings (SSSR count). The van der Waals surface area contributed by atoms with Gasteiger partial charge in [0, 0.05) is 12.5 Å². The molecule has 0 heterocycles. The Morgan fingerprint density at radius 1 is 0.216 bits per heavy atom. The number of aliphatic hydroxyl groups is 1. The molecule has 0 aromatic rings. The Labute approximate surface area is 240 Å². The molecule has 0 aliphatic rings. The summed E-state index contributed by atoms with van der Waals surface area (Å²) in [5.74, 6) is 0.844. The second kappa shape index (κ2) is 36.2. The number of rotatable bonds is 34. The van der Waals surface area contributed by atoms with Crippen LogP contribution in [0.5, 0.6) is 0 Å². The Kier molecular flexibility index (Phi) is 36.5. The predicted octanol–water partition coefficient (Wildman–Crippen LogP) is 13.1. The Morgan fingerprint density at radius 3 is 0.486 bits per heavy atom. The Balaban J connectivity index is 3.00. The van der Waals surface area contributed by atoms with E-state index in [1.54, 1.807) is 0 Å². The monoisotopic (exact) mass is 543 g/mol. The fraction of sp³-hybridized carbons (Fsp3) is 1.00. The quantitative estimate of drug-likeness (QED) is 0.0632. The van der Waals surface area contributed by atoms with Crippen molar-refractivity contribution in [2.45, 2.75) is 212 Å². The van der Waals surface area contributed by atoms with Gasteiger partial charge in [0.1, 0.15) is 0 Å². The van der Waals surface area contributed by atoms with Gasteiger partial charge in [-0.3, -0.25) is 0 Å². The van der Waals surface area contributed by atoms with Crippen molar-refractivity contribution in [3.8, 4) is 0 Å². The van der Waals surface area contributed by atoms with Crippen LogP contribution in [0.3, 0.4) is 0 Å². The number of alkyl halides is 1. The summed E-state index contributed by atoms with van der Waals surface area (Å²) in [5.41, 5.74) is 0. The van der Waals surface area contributed by atoms with Gasteiger partial charge < -0.3 is 5.11 Å². The lowest BCUT2D eigenvalue weighted by Crippen LogP contribution is -1.85. The van der Waals surface area contributed by atoms with E-state index in [0.29, 0.717) is 6.61 Å². The van der Waals surface area contributed by atoms with Crippen LogP contribution in [0.1, 0.15) is 212 Å². The van der Waals surface area contributed by atoms with Crippen LogP contribution in [0.15, 0.2) is 0 Å². The molecule has 0 amide bonds. The molecule has 1 N–H and O–H groups in total. The van der Waals surface area contributed by atoms with Gasteiger partial charge >= 0.3 is 0 Å². The highest BCUT2D eigenvalue weighted by Gasteiger charge is 1.97. The molecule has 0 aromatic heterocycles. The van der Waals surface area contributed by atoms with Gasteiger partial charge in [-0.15, -0.1) is 11.6 Å². The van der Waals surface area contributed by atoms with Crippen LogP contribution in [0.25, 0.3) is 0 Å². The smallest absolute Gasteiger partial charge is 0.0431 e. The Bertz CT molecular complexity index is 338. The molecule has 0 fully saturated rings. The average molecular weight is 543 g/mol. The van der Waals surface area contributed by atoms with Crippen LogP contribution in [-0.2, 0) is 0 Å². The van der Waals surface area contributed by atoms with Gasteiger partial charge in [-0.25, -0.2) is 0 Å². The standard InChI is InChI=1S/C35H71ClO/c36-34-32-30-28-26-24-22-20-18-16-14-12-10-8-6-4-2-1-3-5-7-9-11-13-15-17-19-21-23-25-27-29-31-33-35-37/h37H,1-35H2. The lowest BCUT2D eigenvalue weighted by molar-refractivity contribution is 0.282. The zero-order valence-electron chi connectivity index (χ0n) is 25.6. The third kappa shape index (κ3) is 36.2. The van der Waals surface area contributed by atoms with E-state index in [-0.39, 0.29) is 0 Å². The largest absolute Gasteiger partial charge is 0.396 e. The predicted molar refractivity (Wildman–Crippen MR) is 170 cm³/mol. The lowest BCUT2D eigenvalue weighted by atomic mass is 10.0. The molecule has 0 aromatic carbocycles. The summed E-state index contributed by atoms with van der Waals surface area (Å²) in [7, 11) is 0. The number of hydrogen-bond acceptors (Lipinski definition) is 1. The number of hydrogen-bond donors (Lipinski definition) is 1. The van der Waals surface area contributed by atoms with Crippen molar-refractivity contribution >= 4 is 11.6 Å². The van der Waals surface area contributed by atoms with Crippen molar-refractivity contribution in [3.05, 3.63) is 0 Å². The lowest BCUT2D eigenvalue weighted by Gasteiger charge is -2.05. The molecule has 0 aliphatic carbocycles. The molecule has 0 bridgehead atoms. The molecule has 0 saturated heterocycles. The van der Waals surface area contributed by atoms with Gasteiger partial charge in [-0.05, 0) is 12.8 Å². The molecule has 0 saturated carbocycles. The van der Waals surface area contributed by atoms with Crippen molar-refractivity contribution in [1.82, 2.24) is 0 Å². The van der Waals surface area contributed by atoms with Gasteiger partial charge in [0.25, 0.3) is 0 Å². The van der Waals surface area contributed by atoms with Crippen LogP contribution < -0.4 is 0 Å². The van der Waals surface area contributed by atoms with E-state index >= 15 is 0 Å². The first-order chi connectivity index (χ1) is 18.4. The Hall–Kier alpha value is 0.250. The summed E-state index contributed by atoms with van der Waals surface area (Å²) in [6.07, 6.45) is 46.9. The van der Waals surface area contributed by atoms with E-state index in [1.165, 1.54) is 205 Å². The minimum absolute atomic E-state index is 0.373. The van der Waals surface area contributed by atoms with Gasteiger partial charge in [-0.1, -0.05) is 199 Å². The van der Waals surface area contributed by atoms with Crippen LogP contribution in [0.2, 0.25) is 0 Å². The van der Waals surface area contributed by atoms with Crippen molar-refractivity contribution in [2.24, 2.45) is 0 Å². The summed E-state index contributed by atoms with van der Waals surface area (Å²) in [6, 6.07) is 0. The molecule has 0 spiro atoms. The van der Waals surface area contributed by atoms with E-state index in [4.69, 9.17) is 16.7 Å². The number of halogens is 1. The zero-order chi connectivity index (χ0) is 26.7. The summed E-state index contributed by atoms with van der Waals surface area (Å²) < 4.78 is 0. The maximum atomic E-state index is 8.78. The van der Waals surface area contributed by atoms with E-state index < -0.39 is 0 Å². The molecule has 1 nitrogen and oxygen atoms in total. The van der Waals surface area contributed by atoms with Gasteiger partial charge in [0.15, 0.2) is 0 Å². The van der Waals surface area contributed by atoms with E-state index in [9.17, 15) is 0 Å². The highest BCUT2D eigenvalue weighted by Crippen LogP contribution is 2.17.